The molecule has 3 rings (SSSR count). The molecule has 0 bridgehead atoms. The van der Waals surface area contributed by atoms with Crippen molar-refractivity contribution in [3.63, 3.8) is 0 Å². The van der Waals surface area contributed by atoms with Gasteiger partial charge < -0.3 is 20.2 Å². The van der Waals surface area contributed by atoms with Gasteiger partial charge in [0.25, 0.3) is 0 Å². The van der Waals surface area contributed by atoms with Crippen molar-refractivity contribution >= 4 is 32.6 Å². The van der Waals surface area contributed by atoms with Crippen LogP contribution in [0.4, 0.5) is 18.3 Å². The Balaban J connectivity index is 0.00000192. The molecular weight excluding hydrogens is 405 g/mol. The zero-order valence-corrected chi connectivity index (χ0v) is 17.9. The van der Waals surface area contributed by atoms with Crippen LogP contribution in [0.25, 0.3) is 10.2 Å². The number of carbonyl (C=O) groups is 1. The van der Waals surface area contributed by atoms with Crippen molar-refractivity contribution in [2.45, 2.75) is 19.2 Å². The standard InChI is InChI=1S/C13H11F3N3O2S.Rb/c14-13(15,16)21-7-3-4-8-10(6-7)22-12(18-8)19-11(20)9-2-1-5-17-9;/h3-4,6,17H,1-2,5H2,(H,18,19,20);/q-1;+1. The average Bonchev–Trinajstić information content (AvgIpc) is 3.04. The van der Waals surface area contributed by atoms with Gasteiger partial charge in [0, 0.05) is 6.07 Å². The minimum atomic E-state index is -4.74. The zero-order chi connectivity index (χ0) is 15.7. The Bertz CT molecular complexity index is 701. The van der Waals surface area contributed by atoms with Crippen LogP contribution < -0.4 is 73.6 Å². The molecule has 1 aromatic carbocycles. The summed E-state index contributed by atoms with van der Waals surface area (Å²) in [6, 6.07) is 4.45. The topological polar surface area (TPSA) is 63.2 Å². The molecule has 1 amide bonds. The molecule has 1 aliphatic heterocycles. The number of hydrogen-bond acceptors (Lipinski definition) is 5. The summed E-state index contributed by atoms with van der Waals surface area (Å²) in [5, 5.41) is 5.97. The third-order valence-electron chi connectivity index (χ3n) is 3.03. The summed E-state index contributed by atoms with van der Waals surface area (Å²) in [4.78, 5) is 16.1. The SMILES string of the molecule is O=C(Nc1nc2ccc(OC(F)(F)F)cc2s1)[C-]1CCCN1.[Rb+]. The van der Waals surface area contributed by atoms with E-state index in [1.807, 2.05) is 0 Å². The van der Waals surface area contributed by atoms with Crippen LogP contribution in [0.2, 0.25) is 0 Å². The van der Waals surface area contributed by atoms with Crippen molar-refractivity contribution in [2.75, 3.05) is 11.9 Å². The van der Waals surface area contributed by atoms with Crippen molar-refractivity contribution in [2.24, 2.45) is 0 Å². The van der Waals surface area contributed by atoms with E-state index in [1.54, 1.807) is 0 Å². The number of thiazole rings is 1. The van der Waals surface area contributed by atoms with Crippen LogP contribution in [0.3, 0.4) is 0 Å². The fourth-order valence-electron chi connectivity index (χ4n) is 2.11. The molecule has 1 fully saturated rings. The number of aromatic nitrogens is 1. The molecule has 0 aliphatic carbocycles. The maximum atomic E-state index is 12.2. The number of amides is 1. The van der Waals surface area contributed by atoms with E-state index < -0.39 is 6.36 Å². The molecule has 5 nitrogen and oxygen atoms in total. The van der Waals surface area contributed by atoms with E-state index in [0.717, 1.165) is 24.3 Å². The van der Waals surface area contributed by atoms with Gasteiger partial charge in [-0.25, -0.2) is 11.0 Å². The van der Waals surface area contributed by atoms with Crippen LogP contribution >= 0.6 is 11.3 Å². The maximum absolute atomic E-state index is 12.2. The van der Waals surface area contributed by atoms with Gasteiger partial charge in [0.2, 0.25) is 0 Å². The molecular formula is C13H11F3N3O2RbS. The first-order valence-electron chi connectivity index (χ1n) is 6.48. The van der Waals surface area contributed by atoms with Gasteiger partial charge in [-0.3, -0.25) is 0 Å². The van der Waals surface area contributed by atoms with Crippen molar-refractivity contribution in [1.82, 2.24) is 10.3 Å². The monoisotopic (exact) mass is 415 g/mol. The minimum absolute atomic E-state index is 0. The van der Waals surface area contributed by atoms with Gasteiger partial charge in [-0.1, -0.05) is 17.8 Å². The van der Waals surface area contributed by atoms with Gasteiger partial charge >= 0.3 is 64.5 Å². The quantitative estimate of drug-likeness (QED) is 0.696. The normalized spacial score (nSPS) is 14.7. The summed E-state index contributed by atoms with van der Waals surface area (Å²) in [7, 11) is 0. The first-order valence-corrected chi connectivity index (χ1v) is 7.30. The van der Waals surface area contributed by atoms with E-state index in [2.05, 4.69) is 20.4 Å². The molecule has 1 saturated heterocycles. The Hall–Kier alpha value is -0.195. The number of anilines is 1. The van der Waals surface area contributed by atoms with E-state index in [-0.39, 0.29) is 69.8 Å². The summed E-state index contributed by atoms with van der Waals surface area (Å²) >= 11 is 1.09. The maximum Gasteiger partial charge on any atom is 1.00 e. The summed E-state index contributed by atoms with van der Waals surface area (Å²) < 4.78 is 40.9. The molecule has 2 aromatic rings. The predicted octanol–water partition coefficient (Wildman–Crippen LogP) is 0.0528. The van der Waals surface area contributed by atoms with Crippen molar-refractivity contribution in [3.05, 3.63) is 24.2 Å². The van der Waals surface area contributed by atoms with E-state index in [0.29, 0.717) is 27.8 Å². The Morgan fingerprint density at radius 1 is 1.43 bits per heavy atom. The van der Waals surface area contributed by atoms with Crippen LogP contribution in [-0.4, -0.2) is 23.8 Å². The summed E-state index contributed by atoms with van der Waals surface area (Å²) in [6.45, 7) is 0.765. The molecule has 1 aromatic heterocycles. The molecule has 2 heterocycles. The van der Waals surface area contributed by atoms with Gasteiger partial charge in [0.15, 0.2) is 5.13 Å². The molecule has 23 heavy (non-hydrogen) atoms. The van der Waals surface area contributed by atoms with Gasteiger partial charge in [-0.15, -0.1) is 19.6 Å². The largest absolute Gasteiger partial charge is 1.00 e. The van der Waals surface area contributed by atoms with E-state index >= 15 is 0 Å². The Morgan fingerprint density at radius 3 is 2.87 bits per heavy atom. The molecule has 2 N–H and O–H groups in total. The number of nitrogens with one attached hydrogen (secondary N) is 2. The van der Waals surface area contributed by atoms with Crippen LogP contribution in [0.15, 0.2) is 18.2 Å². The number of halogens is 3. The third-order valence-corrected chi connectivity index (χ3v) is 3.96. The fraction of sp³-hybridized carbons (Fsp3) is 0.308. The minimum Gasteiger partial charge on any atom is -0.443 e. The Kier molecular flexibility index (Phi) is 6.48. The van der Waals surface area contributed by atoms with Gasteiger partial charge in [-0.2, -0.15) is 0 Å². The van der Waals surface area contributed by atoms with E-state index in [4.69, 9.17) is 0 Å². The smallest absolute Gasteiger partial charge is 0.443 e. The number of benzene rings is 1. The van der Waals surface area contributed by atoms with E-state index in [1.165, 1.54) is 18.2 Å². The number of fused-ring (bicyclic) bond motifs is 1. The zero-order valence-electron chi connectivity index (χ0n) is 12.2. The van der Waals surface area contributed by atoms with E-state index in [9.17, 15) is 18.0 Å². The summed E-state index contributed by atoms with van der Waals surface area (Å²) in [5.74, 6) is -0.573. The number of hydrogen-bond donors (Lipinski definition) is 2. The molecule has 0 unspecified atom stereocenters. The number of nitrogens with zero attached hydrogens (tertiary/aromatic N) is 1. The summed E-state index contributed by atoms with van der Waals surface area (Å²) in [6.07, 6.45) is -3.15. The van der Waals surface area contributed by atoms with Crippen molar-refractivity contribution in [3.8, 4) is 5.75 Å². The fourth-order valence-corrected chi connectivity index (χ4v) is 3.00. The van der Waals surface area contributed by atoms with Crippen LogP contribution in [-0.2, 0) is 4.79 Å². The van der Waals surface area contributed by atoms with Gasteiger partial charge in [-0.05, 0) is 18.7 Å². The van der Waals surface area contributed by atoms with Gasteiger partial charge in [0.1, 0.15) is 11.7 Å². The number of alkyl halides is 3. The average molecular weight is 416 g/mol. The van der Waals surface area contributed by atoms with Gasteiger partial charge in [0.05, 0.1) is 10.2 Å². The molecule has 1 aliphatic rings. The Labute approximate surface area is 182 Å². The van der Waals surface area contributed by atoms with Crippen molar-refractivity contribution < 1.29 is 80.9 Å². The second-order valence-corrected chi connectivity index (χ2v) is 5.69. The number of rotatable bonds is 3. The van der Waals surface area contributed by atoms with Crippen LogP contribution in [0, 0.1) is 6.04 Å². The predicted molar refractivity (Wildman–Crippen MR) is 75.4 cm³/mol. The number of carbonyl (C=O) groups excluding carboxylic acids is 1. The molecule has 0 radical (unpaired) electrons. The second kappa shape index (κ2) is 7.79. The molecule has 0 saturated carbocycles. The first kappa shape index (κ1) is 19.1. The molecule has 118 valence electrons. The van der Waals surface area contributed by atoms with Crippen LogP contribution in [0.1, 0.15) is 12.8 Å². The number of ether oxygens (including phenoxy) is 1. The first-order chi connectivity index (χ1) is 10.4. The second-order valence-electron chi connectivity index (χ2n) is 4.66. The molecule has 10 heteroatoms. The third kappa shape index (κ3) is 5.14. The van der Waals surface area contributed by atoms with Crippen molar-refractivity contribution in [1.29, 1.82) is 0 Å². The molecule has 0 atom stereocenters. The van der Waals surface area contributed by atoms with Crippen LogP contribution in [0.5, 0.6) is 5.75 Å². The Morgan fingerprint density at radius 2 is 2.22 bits per heavy atom. The molecule has 0 spiro atoms. The summed E-state index contributed by atoms with van der Waals surface area (Å²) in [5.41, 5.74) is 0.499.